The molecule has 1 aliphatic rings. The number of benzene rings is 2. The van der Waals surface area contributed by atoms with Crippen LogP contribution in [0, 0.1) is 6.92 Å². The third kappa shape index (κ3) is 4.84. The highest BCUT2D eigenvalue weighted by molar-refractivity contribution is 7.20. The Labute approximate surface area is 180 Å². The number of hydrogen-bond acceptors (Lipinski definition) is 5. The normalized spacial score (nSPS) is 14.7. The van der Waals surface area contributed by atoms with Gasteiger partial charge in [0.2, 0.25) is 0 Å². The van der Waals surface area contributed by atoms with Crippen LogP contribution in [0.3, 0.4) is 0 Å². The summed E-state index contributed by atoms with van der Waals surface area (Å²) in [6.07, 6.45) is 2.54. The van der Waals surface area contributed by atoms with Crippen LogP contribution in [0.4, 0.5) is 4.79 Å². The van der Waals surface area contributed by atoms with E-state index in [1.807, 2.05) is 35.2 Å². The zero-order valence-corrected chi connectivity index (χ0v) is 18.2. The van der Waals surface area contributed by atoms with Crippen LogP contribution in [0.2, 0.25) is 0 Å². The average Bonchev–Trinajstić information content (AvgIpc) is 3.18. The molecule has 0 unspecified atom stereocenters. The fourth-order valence-corrected chi connectivity index (χ4v) is 4.61. The smallest absolute Gasteiger partial charge is 0.317 e. The number of piperidine rings is 1. The molecule has 1 aliphatic heterocycles. The number of nitrogens with one attached hydrogen (secondary N) is 1. The zero-order chi connectivity index (χ0) is 20.9. The van der Waals surface area contributed by atoms with Gasteiger partial charge in [-0.2, -0.15) is 0 Å². The van der Waals surface area contributed by atoms with Crippen LogP contribution in [0.15, 0.2) is 42.5 Å². The van der Waals surface area contributed by atoms with E-state index in [0.717, 1.165) is 40.4 Å². The number of likely N-dealkylation sites (tertiary alicyclic amines) is 1. The molecule has 1 fully saturated rings. The van der Waals surface area contributed by atoms with E-state index in [1.165, 1.54) is 11.1 Å². The quantitative estimate of drug-likeness (QED) is 0.635. The molecule has 2 amide bonds. The van der Waals surface area contributed by atoms with Gasteiger partial charge in [-0.15, -0.1) is 0 Å². The van der Waals surface area contributed by atoms with Crippen molar-refractivity contribution in [3.05, 3.63) is 53.6 Å². The molecule has 0 spiro atoms. The largest absolute Gasteiger partial charge is 0.497 e. The number of aryl methyl sites for hydroxylation is 1. The Morgan fingerprint density at radius 3 is 2.67 bits per heavy atom. The first-order valence-corrected chi connectivity index (χ1v) is 11.1. The topological polar surface area (TPSA) is 63.7 Å². The fraction of sp³-hybridized carbons (Fsp3) is 0.391. The molecule has 2 aromatic carbocycles. The lowest BCUT2D eigenvalue weighted by atomic mass is 10.1. The summed E-state index contributed by atoms with van der Waals surface area (Å²) in [7, 11) is 1.66. The molecule has 7 heteroatoms. The van der Waals surface area contributed by atoms with Crippen molar-refractivity contribution in [2.75, 3.05) is 26.7 Å². The number of carbonyl (C=O) groups excluding carboxylic acids is 1. The van der Waals surface area contributed by atoms with Crippen LogP contribution in [0.25, 0.3) is 10.2 Å². The first-order valence-electron chi connectivity index (χ1n) is 10.3. The number of amides is 2. The number of nitrogens with zero attached hydrogens (tertiary/aromatic N) is 2. The Balaban J connectivity index is 1.21. The van der Waals surface area contributed by atoms with Gasteiger partial charge in [-0.05, 0) is 42.7 Å². The summed E-state index contributed by atoms with van der Waals surface area (Å²) in [4.78, 5) is 19.0. The number of aromatic nitrogens is 1. The first kappa shape index (κ1) is 20.5. The molecule has 4 rings (SSSR count). The molecule has 6 nitrogen and oxygen atoms in total. The van der Waals surface area contributed by atoms with Gasteiger partial charge in [0.15, 0.2) is 0 Å². The summed E-state index contributed by atoms with van der Waals surface area (Å²) in [5, 5.41) is 3.75. The van der Waals surface area contributed by atoms with Gasteiger partial charge in [-0.1, -0.05) is 35.6 Å². The lowest BCUT2D eigenvalue weighted by Gasteiger charge is -2.31. The molecule has 0 bridgehead atoms. The second-order valence-corrected chi connectivity index (χ2v) is 8.53. The second kappa shape index (κ2) is 9.34. The van der Waals surface area contributed by atoms with Crippen molar-refractivity contribution in [1.29, 1.82) is 0 Å². The molecule has 0 saturated carbocycles. The van der Waals surface area contributed by atoms with E-state index >= 15 is 0 Å². The summed E-state index contributed by atoms with van der Waals surface area (Å²) < 4.78 is 12.4. The summed E-state index contributed by atoms with van der Waals surface area (Å²) in [6.45, 7) is 4.08. The molecule has 2 heterocycles. The predicted octanol–water partition coefficient (Wildman–Crippen LogP) is 4.41. The lowest BCUT2D eigenvalue weighted by Crippen LogP contribution is -2.46. The molecule has 1 aromatic heterocycles. The summed E-state index contributed by atoms with van der Waals surface area (Å²) >= 11 is 1.59. The first-order chi connectivity index (χ1) is 14.6. The lowest BCUT2D eigenvalue weighted by molar-refractivity contribution is 0.111. The Bertz CT molecular complexity index is 995. The number of thiazole rings is 1. The third-order valence-electron chi connectivity index (χ3n) is 5.45. The van der Waals surface area contributed by atoms with Crippen molar-refractivity contribution in [1.82, 2.24) is 15.2 Å². The van der Waals surface area contributed by atoms with Crippen LogP contribution in [-0.2, 0) is 6.42 Å². The van der Waals surface area contributed by atoms with Gasteiger partial charge in [-0.25, -0.2) is 9.78 Å². The SMILES string of the molecule is COc1ccc(CCNC(=O)N2CCC(Oc3nc4c(C)cccc4s3)CC2)cc1. The van der Waals surface area contributed by atoms with Gasteiger partial charge >= 0.3 is 6.03 Å². The number of rotatable bonds is 6. The van der Waals surface area contributed by atoms with Crippen molar-refractivity contribution in [3.63, 3.8) is 0 Å². The highest BCUT2D eigenvalue weighted by Crippen LogP contribution is 2.31. The number of urea groups is 1. The molecule has 158 valence electrons. The van der Waals surface area contributed by atoms with Gasteiger partial charge in [0.05, 0.1) is 17.3 Å². The van der Waals surface area contributed by atoms with E-state index in [-0.39, 0.29) is 12.1 Å². The molecule has 30 heavy (non-hydrogen) atoms. The van der Waals surface area contributed by atoms with E-state index < -0.39 is 0 Å². The molecule has 3 aromatic rings. The minimum atomic E-state index is -0.00225. The maximum Gasteiger partial charge on any atom is 0.317 e. The summed E-state index contributed by atoms with van der Waals surface area (Å²) in [6, 6.07) is 14.1. The minimum absolute atomic E-state index is 0.00225. The van der Waals surface area contributed by atoms with Gasteiger partial charge in [0.1, 0.15) is 11.9 Å². The zero-order valence-electron chi connectivity index (χ0n) is 17.4. The highest BCUT2D eigenvalue weighted by atomic mass is 32.1. The summed E-state index contributed by atoms with van der Waals surface area (Å²) in [5.41, 5.74) is 3.36. The molecule has 1 saturated heterocycles. The number of carbonyl (C=O) groups is 1. The third-order valence-corrected chi connectivity index (χ3v) is 6.36. The van der Waals surface area contributed by atoms with E-state index in [9.17, 15) is 4.79 Å². The molecule has 0 atom stereocenters. The van der Waals surface area contributed by atoms with Gasteiger partial charge < -0.3 is 19.7 Å². The summed E-state index contributed by atoms with van der Waals surface area (Å²) in [5.74, 6) is 0.842. The van der Waals surface area contributed by atoms with E-state index in [0.29, 0.717) is 19.6 Å². The monoisotopic (exact) mass is 425 g/mol. The fourth-order valence-electron chi connectivity index (χ4n) is 3.65. The Morgan fingerprint density at radius 2 is 1.97 bits per heavy atom. The van der Waals surface area contributed by atoms with Crippen molar-refractivity contribution >= 4 is 27.6 Å². The molecule has 0 radical (unpaired) electrons. The predicted molar refractivity (Wildman–Crippen MR) is 120 cm³/mol. The average molecular weight is 426 g/mol. The maximum atomic E-state index is 12.5. The number of hydrogen-bond donors (Lipinski definition) is 1. The number of fused-ring (bicyclic) bond motifs is 1. The van der Waals surface area contributed by atoms with E-state index in [4.69, 9.17) is 9.47 Å². The van der Waals surface area contributed by atoms with Gasteiger partial charge in [0.25, 0.3) is 5.19 Å². The van der Waals surface area contributed by atoms with Crippen LogP contribution >= 0.6 is 11.3 Å². The number of para-hydroxylation sites is 1. The van der Waals surface area contributed by atoms with Crippen LogP contribution < -0.4 is 14.8 Å². The van der Waals surface area contributed by atoms with Crippen molar-refractivity contribution in [3.8, 4) is 10.9 Å². The van der Waals surface area contributed by atoms with Crippen molar-refractivity contribution in [2.45, 2.75) is 32.3 Å². The number of ether oxygens (including phenoxy) is 2. The van der Waals surface area contributed by atoms with Gasteiger partial charge in [0, 0.05) is 32.5 Å². The van der Waals surface area contributed by atoms with Crippen LogP contribution in [-0.4, -0.2) is 48.8 Å². The van der Waals surface area contributed by atoms with Crippen LogP contribution in [0.5, 0.6) is 10.9 Å². The van der Waals surface area contributed by atoms with Crippen molar-refractivity contribution < 1.29 is 14.3 Å². The van der Waals surface area contributed by atoms with Crippen molar-refractivity contribution in [2.24, 2.45) is 0 Å². The van der Waals surface area contributed by atoms with E-state index in [2.05, 4.69) is 29.4 Å². The minimum Gasteiger partial charge on any atom is -0.497 e. The molecular weight excluding hydrogens is 398 g/mol. The molecular formula is C23H27N3O3S. The highest BCUT2D eigenvalue weighted by Gasteiger charge is 2.24. The number of methoxy groups -OCH3 is 1. The Kier molecular flexibility index (Phi) is 6.38. The standard InChI is InChI=1S/C23H27N3O3S/c1-16-4-3-5-20-21(16)25-23(30-20)29-19-11-14-26(15-12-19)22(27)24-13-10-17-6-8-18(28-2)9-7-17/h3-9,19H,10-15H2,1-2H3,(H,24,27). The molecule has 1 N–H and O–H groups in total. The van der Waals surface area contributed by atoms with E-state index in [1.54, 1.807) is 18.4 Å². The maximum absolute atomic E-state index is 12.5. The van der Waals surface area contributed by atoms with Gasteiger partial charge in [-0.3, -0.25) is 0 Å². The van der Waals surface area contributed by atoms with Crippen LogP contribution in [0.1, 0.15) is 24.0 Å². The second-order valence-electron chi connectivity index (χ2n) is 7.54. The Hall–Kier alpha value is -2.80. The Morgan fingerprint density at radius 1 is 1.20 bits per heavy atom. The molecule has 0 aliphatic carbocycles.